The molecule has 0 saturated carbocycles. The number of hydrogen-bond donors (Lipinski definition) is 1. The van der Waals surface area contributed by atoms with E-state index in [1.165, 1.54) is 16.7 Å². The van der Waals surface area contributed by atoms with Crippen LogP contribution in [0.15, 0.2) is 59.6 Å². The lowest BCUT2D eigenvalue weighted by atomic mass is 9.96. The Morgan fingerprint density at radius 3 is 2.55 bits per heavy atom. The van der Waals surface area contributed by atoms with E-state index in [-0.39, 0.29) is 12.2 Å². The number of hydrogen-bond acceptors (Lipinski definition) is 3. The zero-order chi connectivity index (χ0) is 13.4. The normalized spacial score (nSPS) is 24.1. The van der Waals surface area contributed by atoms with Gasteiger partial charge in [0.2, 0.25) is 0 Å². The first-order valence-electron chi connectivity index (χ1n) is 7.01. The van der Waals surface area contributed by atoms with Gasteiger partial charge in [0.1, 0.15) is 18.0 Å². The highest BCUT2D eigenvalue weighted by molar-refractivity contribution is 5.91. The number of epoxide rings is 1. The highest BCUT2D eigenvalue weighted by Crippen LogP contribution is 2.43. The van der Waals surface area contributed by atoms with Gasteiger partial charge in [-0.1, -0.05) is 54.6 Å². The molecule has 2 aromatic carbocycles. The van der Waals surface area contributed by atoms with Gasteiger partial charge in [0, 0.05) is 6.54 Å². The molecule has 2 aromatic rings. The summed E-state index contributed by atoms with van der Waals surface area (Å²) in [6.45, 7) is 1.80. The third-order valence-corrected chi connectivity index (χ3v) is 3.81. The van der Waals surface area contributed by atoms with Crippen molar-refractivity contribution in [1.82, 2.24) is 5.32 Å². The molecule has 1 saturated heterocycles. The summed E-state index contributed by atoms with van der Waals surface area (Å²) in [5.74, 6) is 1.01. The SMILES string of the molecule is c1ccc(-c2ccccc2C2OC2C2=NCCN2)cc1. The average molecular weight is 264 g/mol. The van der Waals surface area contributed by atoms with Crippen LogP contribution in [-0.4, -0.2) is 25.0 Å². The lowest BCUT2D eigenvalue weighted by Crippen LogP contribution is -2.23. The molecule has 0 aliphatic carbocycles. The molecule has 3 nitrogen and oxygen atoms in total. The van der Waals surface area contributed by atoms with Gasteiger partial charge in [0.05, 0.1) is 6.54 Å². The molecule has 2 aliphatic rings. The Balaban J connectivity index is 1.67. The van der Waals surface area contributed by atoms with E-state index in [1.807, 2.05) is 6.07 Å². The molecule has 4 rings (SSSR count). The number of ether oxygens (including phenoxy) is 1. The van der Waals surface area contributed by atoms with Crippen molar-refractivity contribution in [3.63, 3.8) is 0 Å². The van der Waals surface area contributed by atoms with Gasteiger partial charge in [-0.25, -0.2) is 0 Å². The van der Waals surface area contributed by atoms with Crippen LogP contribution in [0.25, 0.3) is 11.1 Å². The van der Waals surface area contributed by atoms with E-state index in [2.05, 4.69) is 58.8 Å². The minimum absolute atomic E-state index is 0.113. The summed E-state index contributed by atoms with van der Waals surface area (Å²) in [5, 5.41) is 3.30. The lowest BCUT2D eigenvalue weighted by Gasteiger charge is -2.07. The molecule has 100 valence electrons. The second-order valence-electron chi connectivity index (χ2n) is 5.12. The Hall–Kier alpha value is -2.13. The van der Waals surface area contributed by atoms with Crippen LogP contribution in [0.3, 0.4) is 0 Å². The van der Waals surface area contributed by atoms with Crippen LogP contribution < -0.4 is 5.32 Å². The van der Waals surface area contributed by atoms with Crippen molar-refractivity contribution in [2.24, 2.45) is 4.99 Å². The third-order valence-electron chi connectivity index (χ3n) is 3.81. The molecule has 0 amide bonds. The second-order valence-corrected chi connectivity index (χ2v) is 5.12. The molecule has 0 bridgehead atoms. The maximum absolute atomic E-state index is 5.86. The average Bonchev–Trinajstić information content (AvgIpc) is 3.13. The fourth-order valence-electron chi connectivity index (χ4n) is 2.79. The molecular formula is C17H16N2O. The number of aliphatic imine (C=N–C) groups is 1. The van der Waals surface area contributed by atoms with Gasteiger partial charge in [-0.05, 0) is 16.7 Å². The summed E-state index contributed by atoms with van der Waals surface area (Å²) in [6.07, 6.45) is 0.248. The van der Waals surface area contributed by atoms with Crippen LogP contribution in [0.1, 0.15) is 11.7 Å². The van der Waals surface area contributed by atoms with E-state index < -0.39 is 0 Å². The zero-order valence-corrected chi connectivity index (χ0v) is 11.1. The van der Waals surface area contributed by atoms with Crippen LogP contribution in [0, 0.1) is 0 Å². The standard InChI is InChI=1S/C17H16N2O/c1-2-6-12(7-3-1)13-8-4-5-9-14(13)15-16(20-15)17-18-10-11-19-17/h1-9,15-16H,10-11H2,(H,18,19). The summed E-state index contributed by atoms with van der Waals surface area (Å²) >= 11 is 0. The van der Waals surface area contributed by atoms with Crippen LogP contribution in [0.5, 0.6) is 0 Å². The molecule has 2 unspecified atom stereocenters. The quantitative estimate of drug-likeness (QED) is 0.865. The first-order chi connectivity index (χ1) is 9.93. The minimum Gasteiger partial charge on any atom is -0.370 e. The van der Waals surface area contributed by atoms with Crippen molar-refractivity contribution in [2.75, 3.05) is 13.1 Å². The van der Waals surface area contributed by atoms with Gasteiger partial charge in [-0.3, -0.25) is 4.99 Å². The molecule has 2 atom stereocenters. The van der Waals surface area contributed by atoms with E-state index in [9.17, 15) is 0 Å². The van der Waals surface area contributed by atoms with Crippen LogP contribution in [-0.2, 0) is 4.74 Å². The molecule has 0 spiro atoms. The molecule has 1 fully saturated rings. The van der Waals surface area contributed by atoms with Gasteiger partial charge in [-0.15, -0.1) is 0 Å². The fraction of sp³-hybridized carbons (Fsp3) is 0.235. The van der Waals surface area contributed by atoms with Gasteiger partial charge in [-0.2, -0.15) is 0 Å². The molecule has 0 aromatic heterocycles. The van der Waals surface area contributed by atoms with Crippen molar-refractivity contribution in [3.05, 3.63) is 60.2 Å². The van der Waals surface area contributed by atoms with Crippen LogP contribution in [0.4, 0.5) is 0 Å². The number of rotatable bonds is 3. The first-order valence-corrected chi connectivity index (χ1v) is 7.01. The molecule has 2 heterocycles. The topological polar surface area (TPSA) is 36.9 Å². The summed E-state index contributed by atoms with van der Waals surface area (Å²) in [5.41, 5.74) is 3.73. The van der Waals surface area contributed by atoms with Crippen molar-refractivity contribution in [2.45, 2.75) is 12.2 Å². The first kappa shape index (κ1) is 11.7. The van der Waals surface area contributed by atoms with Gasteiger partial charge in [0.15, 0.2) is 0 Å². The largest absolute Gasteiger partial charge is 0.370 e. The maximum atomic E-state index is 5.86. The summed E-state index contributed by atoms with van der Waals surface area (Å²) in [4.78, 5) is 4.46. The Morgan fingerprint density at radius 1 is 0.950 bits per heavy atom. The monoisotopic (exact) mass is 264 g/mol. The summed E-state index contributed by atoms with van der Waals surface area (Å²) < 4.78 is 5.86. The lowest BCUT2D eigenvalue weighted by molar-refractivity contribution is 0.399. The predicted molar refractivity (Wildman–Crippen MR) is 79.8 cm³/mol. The third kappa shape index (κ3) is 2.00. The Bertz CT molecular complexity index is 651. The van der Waals surface area contributed by atoms with Crippen molar-refractivity contribution in [3.8, 4) is 11.1 Å². The molecular weight excluding hydrogens is 248 g/mol. The molecule has 3 heteroatoms. The van der Waals surface area contributed by atoms with Gasteiger partial charge < -0.3 is 10.1 Å². The number of amidine groups is 1. The van der Waals surface area contributed by atoms with Crippen molar-refractivity contribution < 1.29 is 4.74 Å². The smallest absolute Gasteiger partial charge is 0.146 e. The number of nitrogens with zero attached hydrogens (tertiary/aromatic N) is 1. The Morgan fingerprint density at radius 2 is 1.75 bits per heavy atom. The second kappa shape index (κ2) is 4.76. The van der Waals surface area contributed by atoms with E-state index in [1.54, 1.807) is 0 Å². The Kier molecular flexibility index (Phi) is 2.78. The van der Waals surface area contributed by atoms with Crippen LogP contribution >= 0.6 is 0 Å². The highest BCUT2D eigenvalue weighted by Gasteiger charge is 2.45. The number of benzene rings is 2. The molecule has 1 N–H and O–H groups in total. The van der Waals surface area contributed by atoms with E-state index in [0.717, 1.165) is 18.9 Å². The molecule has 0 radical (unpaired) electrons. The maximum Gasteiger partial charge on any atom is 0.146 e. The van der Waals surface area contributed by atoms with Gasteiger partial charge in [0.25, 0.3) is 0 Å². The molecule has 2 aliphatic heterocycles. The van der Waals surface area contributed by atoms with Crippen molar-refractivity contribution in [1.29, 1.82) is 0 Å². The Labute approximate surface area is 118 Å². The van der Waals surface area contributed by atoms with Crippen LogP contribution in [0.2, 0.25) is 0 Å². The zero-order valence-electron chi connectivity index (χ0n) is 11.1. The van der Waals surface area contributed by atoms with Crippen molar-refractivity contribution >= 4 is 5.84 Å². The minimum atomic E-state index is 0.113. The fourth-order valence-corrected chi connectivity index (χ4v) is 2.79. The van der Waals surface area contributed by atoms with E-state index >= 15 is 0 Å². The highest BCUT2D eigenvalue weighted by atomic mass is 16.6. The predicted octanol–water partition coefficient (Wildman–Crippen LogP) is 2.80. The summed E-state index contributed by atoms with van der Waals surface area (Å²) in [7, 11) is 0. The van der Waals surface area contributed by atoms with E-state index in [0.29, 0.717) is 0 Å². The summed E-state index contributed by atoms with van der Waals surface area (Å²) in [6, 6.07) is 18.9. The van der Waals surface area contributed by atoms with E-state index in [4.69, 9.17) is 4.74 Å². The molecule has 20 heavy (non-hydrogen) atoms. The number of nitrogens with one attached hydrogen (secondary N) is 1. The van der Waals surface area contributed by atoms with Gasteiger partial charge >= 0.3 is 0 Å².